The minimum Gasteiger partial charge on any atom is -0.486 e. The van der Waals surface area contributed by atoms with E-state index in [1.54, 1.807) is 0 Å². The maximum Gasteiger partial charge on any atom is 0.281 e. The third kappa shape index (κ3) is 11.7. The van der Waals surface area contributed by atoms with Crippen LogP contribution in [-0.4, -0.2) is 65.4 Å². The van der Waals surface area contributed by atoms with Gasteiger partial charge in [0.15, 0.2) is 69.0 Å². The summed E-state index contributed by atoms with van der Waals surface area (Å²) in [4.78, 5) is 8.83. The van der Waals surface area contributed by atoms with Crippen LogP contribution in [0.1, 0.15) is 0 Å². The molecule has 18 aromatic carbocycles. The molecule has 0 aliphatic carbocycles. The summed E-state index contributed by atoms with van der Waals surface area (Å²) in [6.07, 6.45) is -1.45. The lowest BCUT2D eigenvalue weighted by molar-refractivity contribution is -0.0734. The molecule has 28 rings (SSSR count). The molecule has 0 radical (unpaired) electrons. The van der Waals surface area contributed by atoms with E-state index < -0.39 is 12.4 Å². The molecule has 10 heterocycles. The second-order valence-electron chi connectivity index (χ2n) is 33.4. The number of anilines is 12. The predicted molar refractivity (Wildman–Crippen MR) is 505 cm³/mol. The molecule has 2 atom stereocenters. The van der Waals surface area contributed by atoms with Gasteiger partial charge in [-0.15, -0.1) is 0 Å². The topological polar surface area (TPSA) is 176 Å². The van der Waals surface area contributed by atoms with E-state index in [0.29, 0.717) is 97.1 Å². The molecule has 0 N–H and O–H groups in total. The van der Waals surface area contributed by atoms with Gasteiger partial charge in [0, 0.05) is 103 Å². The van der Waals surface area contributed by atoms with Crippen LogP contribution in [-0.2, 0) is 0 Å². The fourth-order valence-electron chi connectivity index (χ4n) is 19.7. The number of benzene rings is 18. The van der Waals surface area contributed by atoms with Gasteiger partial charge in [0.2, 0.25) is 12.9 Å². The van der Waals surface area contributed by atoms with Gasteiger partial charge in [-0.05, 0) is 261 Å². The van der Waals surface area contributed by atoms with Crippen molar-refractivity contribution in [2.24, 2.45) is 0 Å². The number of ether oxygens (including phenoxy) is 12. The largest absolute Gasteiger partial charge is 0.486 e. The fraction of sp³-hybridized carbons (Fsp3) is 0.0909. The van der Waals surface area contributed by atoms with Crippen LogP contribution in [0.3, 0.4) is 0 Å². The molecule has 6 aliphatic heterocycles. The molecule has 6 aliphatic rings. The number of hydrogen-bond donors (Lipinski definition) is 0. The lowest BCUT2D eigenvalue weighted by atomic mass is 10.0. The summed E-state index contributed by atoms with van der Waals surface area (Å²) < 4.78 is 102. The highest BCUT2D eigenvalue weighted by Crippen LogP contribution is 2.53. The van der Waals surface area contributed by atoms with E-state index in [1.165, 1.54) is 0 Å². The number of fused-ring (bicyclic) bond motifs is 24. The molecule has 0 spiro atoms. The second kappa shape index (κ2) is 28.3. The Morgan fingerprint density at radius 2 is 0.500 bits per heavy atom. The Labute approximate surface area is 738 Å². The van der Waals surface area contributed by atoms with Crippen molar-refractivity contribution in [1.29, 1.82) is 0 Å². The molecular formula is C110H70N4O16. The normalized spacial score (nSPS) is 15.3. The molecule has 0 saturated heterocycles. The lowest BCUT2D eigenvalue weighted by Crippen LogP contribution is -2.44. The molecule has 0 bridgehead atoms. The zero-order valence-electron chi connectivity index (χ0n) is 69.2. The Morgan fingerprint density at radius 3 is 0.915 bits per heavy atom. The zero-order valence-corrected chi connectivity index (χ0v) is 69.2. The number of rotatable bonds is 13. The molecule has 22 aromatic rings. The highest BCUT2D eigenvalue weighted by atomic mass is 16.7. The maximum absolute atomic E-state index is 7.01. The summed E-state index contributed by atoms with van der Waals surface area (Å²) in [5.41, 5.74) is 17.1. The first-order valence-corrected chi connectivity index (χ1v) is 43.5. The smallest absolute Gasteiger partial charge is 0.281 e. The van der Waals surface area contributed by atoms with Crippen LogP contribution < -0.4 is 76.4 Å². The van der Waals surface area contributed by atoms with Crippen molar-refractivity contribution < 1.29 is 74.5 Å². The van der Waals surface area contributed by atoms with Crippen LogP contribution in [0.4, 0.5) is 68.2 Å². The molecule has 130 heavy (non-hydrogen) atoms. The summed E-state index contributed by atoms with van der Waals surface area (Å²) in [5, 5.41) is 16.0. The molecule has 2 unspecified atom stereocenters. The average molecular weight is 1700 g/mol. The summed E-state index contributed by atoms with van der Waals surface area (Å²) in [6, 6.07) is 109. The van der Waals surface area contributed by atoms with Crippen molar-refractivity contribution in [3.63, 3.8) is 0 Å². The Hall–Kier alpha value is -17.0. The van der Waals surface area contributed by atoms with E-state index >= 15 is 0 Å². The van der Waals surface area contributed by atoms with E-state index in [4.69, 9.17) is 74.5 Å². The molecular weight excluding hydrogens is 1630 g/mol. The van der Waals surface area contributed by atoms with Crippen LogP contribution in [0, 0.1) is 0 Å². The maximum atomic E-state index is 7.01. The summed E-state index contributed by atoms with van der Waals surface area (Å²) in [6.45, 7) is 3.21. The Morgan fingerprint density at radius 1 is 0.192 bits per heavy atom. The first-order chi connectivity index (χ1) is 64.3. The van der Waals surface area contributed by atoms with Gasteiger partial charge in [-0.1, -0.05) is 60.7 Å². The first kappa shape index (κ1) is 72.3. The van der Waals surface area contributed by atoms with Crippen molar-refractivity contribution in [1.82, 2.24) is 0 Å². The summed E-state index contributed by atoms with van der Waals surface area (Å²) in [5.74, 6) is 7.90. The van der Waals surface area contributed by atoms with Gasteiger partial charge < -0.3 is 94.1 Å². The van der Waals surface area contributed by atoms with Gasteiger partial charge in [-0.3, -0.25) is 0 Å². The van der Waals surface area contributed by atoms with E-state index in [2.05, 4.69) is 214 Å². The van der Waals surface area contributed by atoms with Crippen LogP contribution >= 0.6 is 0 Å². The Kier molecular flexibility index (Phi) is 15.7. The summed E-state index contributed by atoms with van der Waals surface area (Å²) in [7, 11) is 0. The average Bonchev–Trinajstić information content (AvgIpc) is 1.57. The zero-order chi connectivity index (χ0) is 84.9. The van der Waals surface area contributed by atoms with Crippen molar-refractivity contribution in [3.05, 3.63) is 315 Å². The first-order valence-electron chi connectivity index (χ1n) is 43.5. The third-order valence-corrected chi connectivity index (χ3v) is 25.8. The molecule has 0 amide bonds. The SMILES string of the molecule is c1ccc(N(c2ccc3c(c2)OC(C2COc4cc(N(c5ccc6c(c5)OCCO6)c5ccc6cc7c(cc6c5)oc5ccc6c8cc9ccc(N(c%10ccc%11c(c%10)OCCO%11)c%10ccc%11c(c%10)OCCO%11)cc9cc8oc6c57)ccc4O2)O3)c2ccc3cc4c(cc3c2)oc2c4ccc3oc4cc5cc(N(c6ccccc6)c6ccc7c(c6)OCO7)ccc5cc4c32)cc1. The quantitative estimate of drug-likeness (QED) is 0.106. The molecule has 0 saturated carbocycles. The van der Waals surface area contributed by atoms with Gasteiger partial charge in [0.05, 0.1) is 44.9 Å². The van der Waals surface area contributed by atoms with E-state index in [1.807, 2.05) is 121 Å². The van der Waals surface area contributed by atoms with Crippen LogP contribution in [0.15, 0.2) is 333 Å². The lowest BCUT2D eigenvalue weighted by Gasteiger charge is -2.31. The molecule has 20 nitrogen and oxygen atoms in total. The van der Waals surface area contributed by atoms with Crippen molar-refractivity contribution in [2.75, 3.05) is 72.6 Å². The van der Waals surface area contributed by atoms with Crippen molar-refractivity contribution in [2.45, 2.75) is 12.4 Å². The number of furan rings is 4. The van der Waals surface area contributed by atoms with Gasteiger partial charge in [0.1, 0.15) is 90.9 Å². The van der Waals surface area contributed by atoms with Crippen molar-refractivity contribution >= 4 is 199 Å². The minimum atomic E-state index is -0.823. The standard InChI is InChI=1S/C110H70N4O16/c1-3-7-69(8-4-1)111(75-22-30-90-102(56-75)123-60-122-90)71-16-13-63-47-85-97(51-67(63)42-71)125-93-33-25-81-83-45-61-11-15-72(41-65(61)49-95(83)127-108(81)106(85)93)112(70-9-5-2-6-10-70)80-24-32-92-104(58-80)130-110(129-92)105-59-121-103-57-79(23-31-91(103)124-105)114(78-21-29-89-101(55-78)120-40-37-117-89)74-18-14-64-48-86-98(52-68(64)44-74)126-94-34-26-82-84-46-62-12-17-73(43-66(62)50-96(84)128-109(82)107(86)94)113(76-19-27-87-99(53-76)118-38-35-115-87)77-20-28-88-100(54-77)119-39-36-116-88/h1-34,41-58,105,110H,35-40,59-60H2. The Bertz CT molecular complexity index is 8500. The third-order valence-electron chi connectivity index (χ3n) is 25.8. The van der Waals surface area contributed by atoms with Crippen LogP contribution in [0.2, 0.25) is 0 Å². The highest BCUT2D eigenvalue weighted by Gasteiger charge is 2.39. The van der Waals surface area contributed by atoms with Crippen LogP contribution in [0.5, 0.6) is 69.0 Å². The molecule has 626 valence electrons. The number of para-hydroxylation sites is 2. The van der Waals surface area contributed by atoms with Crippen molar-refractivity contribution in [3.8, 4) is 69.0 Å². The molecule has 20 heteroatoms. The van der Waals surface area contributed by atoms with Gasteiger partial charge in [-0.2, -0.15) is 0 Å². The van der Waals surface area contributed by atoms with Gasteiger partial charge in [-0.25, -0.2) is 0 Å². The Balaban J connectivity index is 0.456. The van der Waals surface area contributed by atoms with Crippen LogP contribution in [0.25, 0.3) is 131 Å². The monoisotopic (exact) mass is 1700 g/mol. The molecule has 4 aromatic heterocycles. The van der Waals surface area contributed by atoms with Gasteiger partial charge in [0.25, 0.3) is 6.29 Å². The highest BCUT2D eigenvalue weighted by molar-refractivity contribution is 6.26. The fourth-order valence-corrected chi connectivity index (χ4v) is 19.7. The number of hydrogen-bond acceptors (Lipinski definition) is 20. The van der Waals surface area contributed by atoms with E-state index in [9.17, 15) is 0 Å². The van der Waals surface area contributed by atoms with E-state index in [-0.39, 0.29) is 13.4 Å². The second-order valence-corrected chi connectivity index (χ2v) is 33.4. The van der Waals surface area contributed by atoms with E-state index in [0.717, 1.165) is 211 Å². The minimum absolute atomic E-state index is 0.147. The predicted octanol–water partition coefficient (Wildman–Crippen LogP) is 27.8. The van der Waals surface area contributed by atoms with Gasteiger partial charge >= 0.3 is 0 Å². The molecule has 0 fully saturated rings. The summed E-state index contributed by atoms with van der Waals surface area (Å²) >= 11 is 0. The number of nitrogens with zero attached hydrogens (tertiary/aromatic N) is 4.